The first kappa shape index (κ1) is 19.0. The van der Waals surface area contributed by atoms with Crippen molar-refractivity contribution in [3.05, 3.63) is 0 Å². The van der Waals surface area contributed by atoms with E-state index in [-0.39, 0.29) is 10.8 Å². The van der Waals surface area contributed by atoms with Crippen LogP contribution >= 0.6 is 0 Å². The number of hydrogen-bond acceptors (Lipinski definition) is 4. The van der Waals surface area contributed by atoms with Crippen LogP contribution in [0.15, 0.2) is 0 Å². The highest BCUT2D eigenvalue weighted by atomic mass is 16.6. The summed E-state index contributed by atoms with van der Waals surface area (Å²) in [6.45, 7) is 12.7. The maximum absolute atomic E-state index is 12.6. The third kappa shape index (κ3) is 5.62. The molecule has 4 nitrogen and oxygen atoms in total. The molecule has 0 N–H and O–H groups in total. The maximum Gasteiger partial charge on any atom is 0.323 e. The van der Waals surface area contributed by atoms with E-state index in [2.05, 4.69) is 0 Å². The molecule has 0 aromatic carbocycles. The lowest BCUT2D eigenvalue weighted by atomic mass is 9.74. The minimum absolute atomic E-state index is 0.110. The molecule has 4 heteroatoms. The highest BCUT2D eigenvalue weighted by Gasteiger charge is 2.49. The molecule has 0 aromatic rings. The van der Waals surface area contributed by atoms with Crippen LogP contribution < -0.4 is 0 Å². The molecule has 1 aliphatic rings. The van der Waals surface area contributed by atoms with Crippen molar-refractivity contribution in [3.63, 3.8) is 0 Å². The minimum atomic E-state index is -1.09. The van der Waals surface area contributed by atoms with Crippen LogP contribution in [0.2, 0.25) is 0 Å². The van der Waals surface area contributed by atoms with Crippen LogP contribution in [0.1, 0.15) is 73.6 Å². The second-order valence-corrected chi connectivity index (χ2v) is 8.92. The van der Waals surface area contributed by atoms with Crippen LogP contribution in [-0.2, 0) is 19.1 Å². The fourth-order valence-corrected chi connectivity index (χ4v) is 2.49. The first-order chi connectivity index (χ1) is 9.96. The lowest BCUT2D eigenvalue weighted by molar-refractivity contribution is -0.178. The molecule has 128 valence electrons. The quantitative estimate of drug-likeness (QED) is 0.579. The Morgan fingerprint density at radius 3 is 1.45 bits per heavy atom. The Morgan fingerprint density at radius 1 is 0.773 bits per heavy atom. The minimum Gasteiger partial charge on any atom is -0.464 e. The maximum atomic E-state index is 12.6. The van der Waals surface area contributed by atoms with E-state index < -0.39 is 17.4 Å². The molecule has 1 fully saturated rings. The van der Waals surface area contributed by atoms with Crippen LogP contribution in [0.3, 0.4) is 0 Å². The number of ether oxygens (including phenoxy) is 2. The Kier molecular flexibility index (Phi) is 6.05. The van der Waals surface area contributed by atoms with E-state index in [1.165, 1.54) is 0 Å². The van der Waals surface area contributed by atoms with Crippen LogP contribution in [0.25, 0.3) is 0 Å². The Hall–Kier alpha value is -1.06. The molecule has 0 aromatic heterocycles. The third-order valence-corrected chi connectivity index (χ3v) is 3.76. The van der Waals surface area contributed by atoms with Crippen molar-refractivity contribution < 1.29 is 19.1 Å². The molecule has 0 radical (unpaired) electrons. The average molecular weight is 312 g/mol. The van der Waals surface area contributed by atoms with Gasteiger partial charge in [0.1, 0.15) is 0 Å². The van der Waals surface area contributed by atoms with Gasteiger partial charge in [0.25, 0.3) is 0 Å². The summed E-state index contributed by atoms with van der Waals surface area (Å²) in [5.41, 5.74) is -1.31. The molecule has 1 rings (SSSR count). The highest BCUT2D eigenvalue weighted by Crippen LogP contribution is 2.39. The van der Waals surface area contributed by atoms with E-state index in [9.17, 15) is 9.59 Å². The molecule has 22 heavy (non-hydrogen) atoms. The lowest BCUT2D eigenvalue weighted by Crippen LogP contribution is -2.45. The number of carbonyl (C=O) groups excluding carboxylic acids is 2. The Morgan fingerprint density at radius 2 is 1.14 bits per heavy atom. The van der Waals surface area contributed by atoms with Gasteiger partial charge in [-0.25, -0.2) is 0 Å². The topological polar surface area (TPSA) is 52.6 Å². The summed E-state index contributed by atoms with van der Waals surface area (Å²) < 4.78 is 10.9. The number of esters is 2. The van der Waals surface area contributed by atoms with Crippen molar-refractivity contribution in [1.29, 1.82) is 0 Å². The zero-order chi connectivity index (χ0) is 17.0. The summed E-state index contributed by atoms with van der Waals surface area (Å²) in [6, 6.07) is 0. The SMILES string of the molecule is CC(C)(C)COC(=O)C1(C(=O)OCC(C)(C)C)CCCCC1. The zero-order valence-electron chi connectivity index (χ0n) is 15.1. The van der Waals surface area contributed by atoms with Gasteiger partial charge in [0.15, 0.2) is 5.41 Å². The van der Waals surface area contributed by atoms with Crippen molar-refractivity contribution in [2.45, 2.75) is 73.6 Å². The van der Waals surface area contributed by atoms with Crippen molar-refractivity contribution >= 4 is 11.9 Å². The highest BCUT2D eigenvalue weighted by molar-refractivity contribution is 6.00. The smallest absolute Gasteiger partial charge is 0.323 e. The van der Waals surface area contributed by atoms with Crippen molar-refractivity contribution in [2.24, 2.45) is 16.2 Å². The van der Waals surface area contributed by atoms with E-state index in [0.717, 1.165) is 19.3 Å². The summed E-state index contributed by atoms with van der Waals surface area (Å²) in [7, 11) is 0. The zero-order valence-corrected chi connectivity index (χ0v) is 15.1. The van der Waals surface area contributed by atoms with Gasteiger partial charge in [-0.05, 0) is 23.7 Å². The van der Waals surface area contributed by atoms with E-state index in [1.54, 1.807) is 0 Å². The van der Waals surface area contributed by atoms with Gasteiger partial charge in [0.2, 0.25) is 0 Å². The second kappa shape index (κ2) is 7.01. The Labute approximate surface area is 134 Å². The number of rotatable bonds is 4. The molecule has 0 atom stereocenters. The molecule has 0 unspecified atom stereocenters. The van der Waals surface area contributed by atoms with E-state index >= 15 is 0 Å². The van der Waals surface area contributed by atoms with Crippen LogP contribution in [-0.4, -0.2) is 25.2 Å². The molecule has 0 saturated heterocycles. The first-order valence-corrected chi connectivity index (χ1v) is 8.31. The normalized spacial score (nSPS) is 18.6. The molecular weight excluding hydrogens is 280 g/mol. The standard InChI is InChI=1S/C18H32O4/c1-16(2,3)12-21-14(19)18(10-8-7-9-11-18)15(20)22-13-17(4,5)6/h7-13H2,1-6H3. The predicted octanol–water partition coefficient (Wildman–Crippen LogP) is 4.12. The van der Waals surface area contributed by atoms with Gasteiger partial charge in [-0.2, -0.15) is 0 Å². The summed E-state index contributed by atoms with van der Waals surface area (Å²) in [5.74, 6) is -0.804. The van der Waals surface area contributed by atoms with Gasteiger partial charge in [0.05, 0.1) is 13.2 Å². The molecule has 0 aliphatic heterocycles. The van der Waals surface area contributed by atoms with Crippen molar-refractivity contribution in [1.82, 2.24) is 0 Å². The van der Waals surface area contributed by atoms with Gasteiger partial charge >= 0.3 is 11.9 Å². The van der Waals surface area contributed by atoms with Gasteiger partial charge in [-0.15, -0.1) is 0 Å². The largest absolute Gasteiger partial charge is 0.464 e. The Bertz CT molecular complexity index is 360. The summed E-state index contributed by atoms with van der Waals surface area (Å²) in [4.78, 5) is 25.2. The monoisotopic (exact) mass is 312 g/mol. The van der Waals surface area contributed by atoms with Crippen LogP contribution in [0.4, 0.5) is 0 Å². The Balaban J connectivity index is 2.80. The summed E-state index contributed by atoms with van der Waals surface area (Å²) in [6.07, 6.45) is 3.88. The van der Waals surface area contributed by atoms with Gasteiger partial charge in [-0.1, -0.05) is 60.8 Å². The number of carbonyl (C=O) groups is 2. The second-order valence-electron chi connectivity index (χ2n) is 8.92. The molecule has 0 bridgehead atoms. The molecule has 1 aliphatic carbocycles. The summed E-state index contributed by atoms with van der Waals surface area (Å²) in [5, 5.41) is 0. The van der Waals surface area contributed by atoms with Gasteiger partial charge in [-0.3, -0.25) is 9.59 Å². The molecule has 1 saturated carbocycles. The van der Waals surface area contributed by atoms with E-state index in [0.29, 0.717) is 26.1 Å². The first-order valence-electron chi connectivity index (χ1n) is 8.31. The van der Waals surface area contributed by atoms with Gasteiger partial charge in [0, 0.05) is 0 Å². The fraction of sp³-hybridized carbons (Fsp3) is 0.889. The average Bonchev–Trinajstić information content (AvgIpc) is 2.41. The van der Waals surface area contributed by atoms with Crippen molar-refractivity contribution in [3.8, 4) is 0 Å². The van der Waals surface area contributed by atoms with Crippen LogP contribution in [0, 0.1) is 16.2 Å². The van der Waals surface area contributed by atoms with E-state index in [1.807, 2.05) is 41.5 Å². The third-order valence-electron chi connectivity index (χ3n) is 3.76. The van der Waals surface area contributed by atoms with Crippen molar-refractivity contribution in [2.75, 3.05) is 13.2 Å². The molecule has 0 spiro atoms. The molecular formula is C18H32O4. The number of hydrogen-bond donors (Lipinski definition) is 0. The predicted molar refractivity (Wildman–Crippen MR) is 86.3 cm³/mol. The fourth-order valence-electron chi connectivity index (χ4n) is 2.49. The molecule has 0 heterocycles. The van der Waals surface area contributed by atoms with Gasteiger partial charge < -0.3 is 9.47 Å². The lowest BCUT2D eigenvalue weighted by Gasteiger charge is -2.34. The van der Waals surface area contributed by atoms with Crippen LogP contribution in [0.5, 0.6) is 0 Å². The molecule has 0 amide bonds. The summed E-state index contributed by atoms with van der Waals surface area (Å²) >= 11 is 0. The van der Waals surface area contributed by atoms with E-state index in [4.69, 9.17) is 9.47 Å².